The van der Waals surface area contributed by atoms with Crippen LogP contribution in [0.4, 0.5) is 4.39 Å². The molecule has 1 aromatic carbocycles. The average molecular weight is 309 g/mol. The Morgan fingerprint density at radius 2 is 1.86 bits per heavy atom. The molecule has 22 heavy (non-hydrogen) atoms. The quantitative estimate of drug-likeness (QED) is 0.814. The molecule has 2 N–H and O–H groups in total. The van der Waals surface area contributed by atoms with Crippen LogP contribution in [0.5, 0.6) is 0 Å². The van der Waals surface area contributed by atoms with Gasteiger partial charge in [-0.3, -0.25) is 0 Å². The van der Waals surface area contributed by atoms with Crippen molar-refractivity contribution in [3.8, 4) is 0 Å². The molecule has 1 heterocycles. The van der Waals surface area contributed by atoms with Gasteiger partial charge in [0.25, 0.3) is 0 Å². The molecule has 3 nitrogen and oxygen atoms in total. The van der Waals surface area contributed by atoms with Gasteiger partial charge in [-0.25, -0.2) is 4.39 Å². The zero-order valence-corrected chi connectivity index (χ0v) is 13.6. The van der Waals surface area contributed by atoms with E-state index < -0.39 is 0 Å². The Bertz CT molecular complexity index is 441. The summed E-state index contributed by atoms with van der Waals surface area (Å²) in [5, 5.41) is 13.4. The van der Waals surface area contributed by atoms with E-state index in [4.69, 9.17) is 4.74 Å². The minimum Gasteiger partial charge on any atom is -0.396 e. The lowest BCUT2D eigenvalue weighted by Crippen LogP contribution is -2.47. The van der Waals surface area contributed by atoms with Crippen LogP contribution in [0.2, 0.25) is 0 Å². The summed E-state index contributed by atoms with van der Waals surface area (Å²) in [4.78, 5) is 0. The van der Waals surface area contributed by atoms with Crippen LogP contribution < -0.4 is 5.32 Å². The smallest absolute Gasteiger partial charge is 0.123 e. The van der Waals surface area contributed by atoms with E-state index in [1.54, 1.807) is 0 Å². The molecular formula is C18H28FNO2. The van der Waals surface area contributed by atoms with E-state index in [0.717, 1.165) is 44.6 Å². The van der Waals surface area contributed by atoms with Crippen molar-refractivity contribution in [1.82, 2.24) is 5.32 Å². The maximum atomic E-state index is 13.0. The summed E-state index contributed by atoms with van der Waals surface area (Å²) >= 11 is 0. The van der Waals surface area contributed by atoms with Gasteiger partial charge >= 0.3 is 0 Å². The number of aliphatic hydroxyl groups excluding tert-OH is 1. The van der Waals surface area contributed by atoms with Crippen molar-refractivity contribution >= 4 is 0 Å². The average Bonchev–Trinajstić information content (AvgIpc) is 2.54. The van der Waals surface area contributed by atoms with E-state index in [9.17, 15) is 9.50 Å². The Morgan fingerprint density at radius 3 is 2.41 bits per heavy atom. The molecule has 1 atom stereocenters. The highest BCUT2D eigenvalue weighted by Crippen LogP contribution is 2.29. The molecule has 0 aliphatic carbocycles. The molecule has 0 bridgehead atoms. The number of halogens is 1. The summed E-state index contributed by atoms with van der Waals surface area (Å²) in [6.45, 7) is 6.84. The molecule has 0 radical (unpaired) electrons. The van der Waals surface area contributed by atoms with Crippen LogP contribution in [0, 0.1) is 17.2 Å². The highest BCUT2D eigenvalue weighted by atomic mass is 19.1. The topological polar surface area (TPSA) is 41.5 Å². The van der Waals surface area contributed by atoms with Gasteiger partial charge in [-0.2, -0.15) is 0 Å². The Hall–Kier alpha value is -0.970. The first kappa shape index (κ1) is 17.4. The molecular weight excluding hydrogens is 281 g/mol. The Kier molecular flexibility index (Phi) is 6.36. The number of hydrogen-bond acceptors (Lipinski definition) is 3. The summed E-state index contributed by atoms with van der Waals surface area (Å²) in [7, 11) is 0. The van der Waals surface area contributed by atoms with Crippen LogP contribution >= 0.6 is 0 Å². The van der Waals surface area contributed by atoms with Gasteiger partial charge in [-0.1, -0.05) is 26.0 Å². The lowest BCUT2D eigenvalue weighted by Gasteiger charge is -2.37. The van der Waals surface area contributed by atoms with Crippen LogP contribution in [0.25, 0.3) is 0 Å². The van der Waals surface area contributed by atoms with Gasteiger partial charge in [0.1, 0.15) is 5.82 Å². The number of aliphatic hydroxyl groups is 1. The SMILES string of the molecule is CC(C)C(Cc1ccc(F)cc1)NCC1(CO)CCOCC1. The number of benzene rings is 1. The highest BCUT2D eigenvalue weighted by Gasteiger charge is 2.32. The van der Waals surface area contributed by atoms with Gasteiger partial charge < -0.3 is 15.2 Å². The summed E-state index contributed by atoms with van der Waals surface area (Å²) < 4.78 is 18.4. The van der Waals surface area contributed by atoms with Gasteiger partial charge in [-0.05, 0) is 42.9 Å². The van der Waals surface area contributed by atoms with Crippen LogP contribution in [-0.2, 0) is 11.2 Å². The molecule has 0 aromatic heterocycles. The van der Waals surface area contributed by atoms with Crippen LogP contribution in [0.1, 0.15) is 32.3 Å². The fraction of sp³-hybridized carbons (Fsp3) is 0.667. The summed E-state index contributed by atoms with van der Waals surface area (Å²) in [6, 6.07) is 7.04. The van der Waals surface area contributed by atoms with Gasteiger partial charge in [0.2, 0.25) is 0 Å². The van der Waals surface area contributed by atoms with Gasteiger partial charge in [0, 0.05) is 31.2 Å². The number of nitrogens with one attached hydrogen (secondary N) is 1. The molecule has 1 saturated heterocycles. The molecule has 0 spiro atoms. The Balaban J connectivity index is 1.94. The van der Waals surface area contributed by atoms with Crippen molar-refractivity contribution in [3.63, 3.8) is 0 Å². The van der Waals surface area contributed by atoms with Crippen molar-refractivity contribution in [3.05, 3.63) is 35.6 Å². The first-order valence-corrected chi connectivity index (χ1v) is 8.21. The van der Waals surface area contributed by atoms with Crippen molar-refractivity contribution in [2.24, 2.45) is 11.3 Å². The third-order valence-electron chi connectivity index (χ3n) is 4.80. The molecule has 2 rings (SSSR count). The molecule has 1 aliphatic heterocycles. The fourth-order valence-corrected chi connectivity index (χ4v) is 2.96. The molecule has 4 heteroatoms. The number of hydrogen-bond donors (Lipinski definition) is 2. The predicted molar refractivity (Wildman–Crippen MR) is 86.3 cm³/mol. The number of ether oxygens (including phenoxy) is 1. The summed E-state index contributed by atoms with van der Waals surface area (Å²) in [5.41, 5.74) is 1.08. The maximum Gasteiger partial charge on any atom is 0.123 e. The highest BCUT2D eigenvalue weighted by molar-refractivity contribution is 5.17. The minimum absolute atomic E-state index is 0.0613. The molecule has 124 valence electrons. The van der Waals surface area contributed by atoms with Crippen molar-refractivity contribution in [2.45, 2.75) is 39.2 Å². The van der Waals surface area contributed by atoms with Crippen molar-refractivity contribution in [2.75, 3.05) is 26.4 Å². The fourth-order valence-electron chi connectivity index (χ4n) is 2.96. The van der Waals surface area contributed by atoms with Gasteiger partial charge in [0.15, 0.2) is 0 Å². The second-order valence-electron chi connectivity index (χ2n) is 6.83. The van der Waals surface area contributed by atoms with Crippen molar-refractivity contribution < 1.29 is 14.2 Å². The van der Waals surface area contributed by atoms with Crippen LogP contribution in [-0.4, -0.2) is 37.5 Å². The lowest BCUT2D eigenvalue weighted by molar-refractivity contribution is -0.0171. The predicted octanol–water partition coefficient (Wildman–Crippen LogP) is 2.77. The first-order chi connectivity index (χ1) is 10.5. The molecule has 1 aromatic rings. The van der Waals surface area contributed by atoms with Gasteiger partial charge in [-0.15, -0.1) is 0 Å². The van der Waals surface area contributed by atoms with E-state index in [1.165, 1.54) is 12.1 Å². The van der Waals surface area contributed by atoms with E-state index in [2.05, 4.69) is 19.2 Å². The normalized spacial score (nSPS) is 19.3. The number of rotatable bonds is 7. The van der Waals surface area contributed by atoms with E-state index in [1.807, 2.05) is 12.1 Å². The second kappa shape index (κ2) is 8.04. The monoisotopic (exact) mass is 309 g/mol. The van der Waals surface area contributed by atoms with E-state index >= 15 is 0 Å². The minimum atomic E-state index is -0.195. The van der Waals surface area contributed by atoms with Crippen molar-refractivity contribution in [1.29, 1.82) is 0 Å². The molecule has 1 aliphatic rings. The standard InChI is InChI=1S/C18H28FNO2/c1-14(2)17(11-15-3-5-16(19)6-4-15)20-12-18(13-21)7-9-22-10-8-18/h3-6,14,17,20-21H,7-13H2,1-2H3. The molecule has 1 fully saturated rings. The van der Waals surface area contributed by atoms with Crippen LogP contribution in [0.3, 0.4) is 0 Å². The molecule has 1 unspecified atom stereocenters. The zero-order chi connectivity index (χ0) is 16.0. The summed E-state index contributed by atoms with van der Waals surface area (Å²) in [6.07, 6.45) is 2.67. The Morgan fingerprint density at radius 1 is 1.23 bits per heavy atom. The third kappa shape index (κ3) is 4.77. The van der Waals surface area contributed by atoms with E-state index in [0.29, 0.717) is 12.0 Å². The maximum absolute atomic E-state index is 13.0. The molecule has 0 amide bonds. The lowest BCUT2D eigenvalue weighted by atomic mass is 9.80. The van der Waals surface area contributed by atoms with Gasteiger partial charge in [0.05, 0.1) is 6.61 Å². The second-order valence-corrected chi connectivity index (χ2v) is 6.83. The molecule has 0 saturated carbocycles. The Labute approximate surface area is 132 Å². The zero-order valence-electron chi connectivity index (χ0n) is 13.6. The van der Waals surface area contributed by atoms with E-state index in [-0.39, 0.29) is 17.8 Å². The van der Waals surface area contributed by atoms with Crippen LogP contribution in [0.15, 0.2) is 24.3 Å². The largest absolute Gasteiger partial charge is 0.396 e. The third-order valence-corrected chi connectivity index (χ3v) is 4.80. The first-order valence-electron chi connectivity index (χ1n) is 8.21. The summed E-state index contributed by atoms with van der Waals surface area (Å²) in [5.74, 6) is 0.278.